The molecule has 2 N–H and O–H groups in total. The average molecular weight is 461 g/mol. The van der Waals surface area contributed by atoms with Crippen molar-refractivity contribution in [3.63, 3.8) is 0 Å². The predicted molar refractivity (Wildman–Crippen MR) is 145 cm³/mol. The molecule has 2 aliphatic heterocycles. The SMILES string of the molecule is C1=CNOC=C1.c1ccc2c(c1)CCN2.c1ccc2ncccc2c1.c1ccc2ncccc2c1. The molecule has 0 saturated heterocycles. The highest BCUT2D eigenvalue weighted by Gasteiger charge is 2.05. The lowest BCUT2D eigenvalue weighted by Gasteiger charge is -1.97. The zero-order valence-electron chi connectivity index (χ0n) is 19.4. The van der Waals surface area contributed by atoms with Gasteiger partial charge >= 0.3 is 0 Å². The Kier molecular flexibility index (Phi) is 8.84. The fourth-order valence-corrected chi connectivity index (χ4v) is 3.53. The van der Waals surface area contributed by atoms with Crippen molar-refractivity contribution in [1.82, 2.24) is 15.4 Å². The average Bonchev–Trinajstić information content (AvgIpc) is 3.44. The molecule has 3 aromatic carbocycles. The summed E-state index contributed by atoms with van der Waals surface area (Å²) in [6.45, 7) is 1.11. The number of para-hydroxylation sites is 3. The van der Waals surface area contributed by atoms with Crippen LogP contribution in [0.5, 0.6) is 0 Å². The maximum absolute atomic E-state index is 4.55. The van der Waals surface area contributed by atoms with Crippen LogP contribution in [0, 0.1) is 0 Å². The van der Waals surface area contributed by atoms with Crippen LogP contribution in [-0.4, -0.2) is 16.5 Å². The van der Waals surface area contributed by atoms with Gasteiger partial charge in [-0.25, -0.2) is 5.48 Å². The van der Waals surface area contributed by atoms with E-state index < -0.39 is 0 Å². The molecule has 2 aromatic heterocycles. The number of pyridine rings is 2. The van der Waals surface area contributed by atoms with E-state index >= 15 is 0 Å². The molecule has 4 heterocycles. The largest absolute Gasteiger partial charge is 0.391 e. The van der Waals surface area contributed by atoms with E-state index in [0.717, 1.165) is 17.6 Å². The zero-order chi connectivity index (χ0) is 24.0. The Morgan fingerprint density at radius 1 is 0.629 bits per heavy atom. The quantitative estimate of drug-likeness (QED) is 0.270. The second-order valence-corrected chi connectivity index (χ2v) is 7.65. The van der Waals surface area contributed by atoms with Crippen LogP contribution in [0.25, 0.3) is 21.8 Å². The molecule has 35 heavy (non-hydrogen) atoms. The van der Waals surface area contributed by atoms with E-state index in [2.05, 4.69) is 74.1 Å². The third-order valence-corrected chi connectivity index (χ3v) is 5.24. The second-order valence-electron chi connectivity index (χ2n) is 7.65. The van der Waals surface area contributed by atoms with Gasteiger partial charge < -0.3 is 10.2 Å². The van der Waals surface area contributed by atoms with Crippen LogP contribution in [0.15, 0.2) is 134 Å². The van der Waals surface area contributed by atoms with Crippen molar-refractivity contribution in [2.45, 2.75) is 6.42 Å². The van der Waals surface area contributed by atoms with Gasteiger partial charge in [-0.2, -0.15) is 0 Å². The maximum atomic E-state index is 4.55. The van der Waals surface area contributed by atoms with E-state index in [0.29, 0.717) is 0 Å². The molecule has 174 valence electrons. The van der Waals surface area contributed by atoms with Crippen LogP contribution in [0.4, 0.5) is 5.69 Å². The highest BCUT2D eigenvalue weighted by atomic mass is 16.6. The van der Waals surface area contributed by atoms with Gasteiger partial charge in [0.1, 0.15) is 6.26 Å². The van der Waals surface area contributed by atoms with E-state index in [1.54, 1.807) is 18.5 Å². The molecule has 0 amide bonds. The summed E-state index contributed by atoms with van der Waals surface area (Å²) in [5.74, 6) is 0. The van der Waals surface area contributed by atoms with Crippen LogP contribution < -0.4 is 10.8 Å². The van der Waals surface area contributed by atoms with Gasteiger partial charge in [-0.05, 0) is 54.5 Å². The fourth-order valence-electron chi connectivity index (χ4n) is 3.53. The number of aromatic nitrogens is 2. The monoisotopic (exact) mass is 460 g/mol. The van der Waals surface area contributed by atoms with Crippen LogP contribution >= 0.6 is 0 Å². The van der Waals surface area contributed by atoms with E-state index in [1.807, 2.05) is 67.0 Å². The van der Waals surface area contributed by atoms with Crippen molar-refractivity contribution in [2.24, 2.45) is 0 Å². The van der Waals surface area contributed by atoms with Gasteiger partial charge in [0.25, 0.3) is 0 Å². The number of hydroxylamine groups is 1. The molecule has 0 spiro atoms. The first-order valence-corrected chi connectivity index (χ1v) is 11.5. The minimum Gasteiger partial charge on any atom is -0.391 e. The Bertz CT molecular complexity index is 1160. The third kappa shape index (κ3) is 7.44. The Morgan fingerprint density at radius 3 is 1.74 bits per heavy atom. The lowest BCUT2D eigenvalue weighted by molar-refractivity contribution is 0.172. The number of hydrogen-bond acceptors (Lipinski definition) is 5. The third-order valence-electron chi connectivity index (χ3n) is 5.24. The molecule has 0 aliphatic carbocycles. The summed E-state index contributed by atoms with van der Waals surface area (Å²) in [5.41, 5.74) is 7.41. The van der Waals surface area contributed by atoms with Gasteiger partial charge in [0.05, 0.1) is 11.0 Å². The van der Waals surface area contributed by atoms with Crippen molar-refractivity contribution in [3.8, 4) is 0 Å². The molecule has 5 nitrogen and oxygen atoms in total. The lowest BCUT2D eigenvalue weighted by Crippen LogP contribution is -2.01. The summed E-state index contributed by atoms with van der Waals surface area (Å²) in [4.78, 5) is 12.9. The van der Waals surface area contributed by atoms with Gasteiger partial charge in [-0.15, -0.1) is 0 Å². The Morgan fingerprint density at radius 2 is 1.23 bits per heavy atom. The summed E-state index contributed by atoms with van der Waals surface area (Å²) in [6, 6.07) is 32.6. The molecule has 0 atom stereocenters. The molecule has 0 fully saturated rings. The number of fused-ring (bicyclic) bond motifs is 3. The molecule has 7 rings (SSSR count). The van der Waals surface area contributed by atoms with Gasteiger partial charge in [-0.3, -0.25) is 9.97 Å². The summed E-state index contributed by atoms with van der Waals surface area (Å²) >= 11 is 0. The first kappa shape index (κ1) is 23.5. The van der Waals surface area contributed by atoms with Crippen molar-refractivity contribution < 1.29 is 4.84 Å². The van der Waals surface area contributed by atoms with E-state index in [9.17, 15) is 0 Å². The predicted octanol–water partition coefficient (Wildman–Crippen LogP) is 6.67. The Hall–Kier alpha value is -4.64. The highest BCUT2D eigenvalue weighted by Crippen LogP contribution is 2.20. The lowest BCUT2D eigenvalue weighted by atomic mass is 10.2. The van der Waals surface area contributed by atoms with Gasteiger partial charge in [0.2, 0.25) is 0 Å². The van der Waals surface area contributed by atoms with Crippen LogP contribution in [0.2, 0.25) is 0 Å². The van der Waals surface area contributed by atoms with Crippen molar-refractivity contribution >= 4 is 27.5 Å². The van der Waals surface area contributed by atoms with Gasteiger partial charge in [0, 0.05) is 41.6 Å². The smallest absolute Gasteiger partial charge is 0.119 e. The number of nitrogens with one attached hydrogen (secondary N) is 2. The van der Waals surface area contributed by atoms with E-state index in [1.165, 1.54) is 28.4 Å². The fraction of sp³-hybridized carbons (Fsp3) is 0.0667. The summed E-state index contributed by atoms with van der Waals surface area (Å²) in [7, 11) is 0. The molecular weight excluding hydrogens is 432 g/mol. The number of allylic oxidation sites excluding steroid dienone is 2. The molecule has 0 saturated carbocycles. The molecule has 5 heteroatoms. The molecule has 2 aliphatic rings. The summed E-state index contributed by atoms with van der Waals surface area (Å²) in [6.07, 6.45) is 11.7. The van der Waals surface area contributed by atoms with Crippen molar-refractivity contribution in [2.75, 3.05) is 11.9 Å². The normalized spacial score (nSPS) is 12.2. The first-order valence-electron chi connectivity index (χ1n) is 11.5. The molecule has 5 aromatic rings. The highest BCUT2D eigenvalue weighted by molar-refractivity contribution is 5.78. The van der Waals surface area contributed by atoms with Crippen LogP contribution in [0.1, 0.15) is 5.56 Å². The number of nitrogens with zero attached hydrogens (tertiary/aromatic N) is 2. The number of hydrogen-bond donors (Lipinski definition) is 2. The number of benzene rings is 3. The molecule has 0 radical (unpaired) electrons. The topological polar surface area (TPSA) is 59.1 Å². The maximum Gasteiger partial charge on any atom is 0.119 e. The van der Waals surface area contributed by atoms with Gasteiger partial charge in [-0.1, -0.05) is 66.7 Å². The first-order chi connectivity index (χ1) is 17.4. The van der Waals surface area contributed by atoms with Crippen LogP contribution in [-0.2, 0) is 11.3 Å². The summed E-state index contributed by atoms with van der Waals surface area (Å²) < 4.78 is 0. The Balaban J connectivity index is 0.000000112. The Labute approximate surface area is 205 Å². The molecule has 0 unspecified atom stereocenters. The van der Waals surface area contributed by atoms with E-state index in [-0.39, 0.29) is 0 Å². The summed E-state index contributed by atoms with van der Waals surface area (Å²) in [5, 5.41) is 5.70. The standard InChI is InChI=1S/2C9H7N.C8H9N.C4H5NO/c2*1-2-6-9-8(4-1)5-3-7-10-9;1-2-4-8-7(3-1)5-6-9-8;1-2-4-6-5-3-1/h2*1-7H;1-4,9H,5-6H2;1-5H. The molecular formula is C30H28N4O. The van der Waals surface area contributed by atoms with Crippen LogP contribution in [0.3, 0.4) is 0 Å². The zero-order valence-corrected chi connectivity index (χ0v) is 19.4. The van der Waals surface area contributed by atoms with Crippen molar-refractivity contribution in [3.05, 3.63) is 140 Å². The van der Waals surface area contributed by atoms with Gasteiger partial charge in [0.15, 0.2) is 0 Å². The van der Waals surface area contributed by atoms with E-state index in [4.69, 9.17) is 0 Å². The van der Waals surface area contributed by atoms with Crippen molar-refractivity contribution in [1.29, 1.82) is 0 Å². The minimum absolute atomic E-state index is 1.06. The second kappa shape index (κ2) is 13.2. The minimum atomic E-state index is 1.06. The number of rotatable bonds is 0. The number of anilines is 1. The molecule has 0 bridgehead atoms.